The van der Waals surface area contributed by atoms with Crippen LogP contribution in [0.5, 0.6) is 0 Å². The summed E-state index contributed by atoms with van der Waals surface area (Å²) in [6.45, 7) is 0.386. The number of hydrogen-bond acceptors (Lipinski definition) is 4. The average molecular weight is 289 g/mol. The van der Waals surface area contributed by atoms with Gasteiger partial charge >= 0.3 is 0 Å². The summed E-state index contributed by atoms with van der Waals surface area (Å²) in [5, 5.41) is 16.6. The van der Waals surface area contributed by atoms with E-state index in [0.29, 0.717) is 24.6 Å². The number of aliphatic hydroxyl groups is 1. The van der Waals surface area contributed by atoms with Crippen molar-refractivity contribution in [2.75, 3.05) is 6.54 Å². The number of amides is 1. The average Bonchev–Trinajstić information content (AvgIpc) is 3.03. The Morgan fingerprint density at radius 3 is 3.10 bits per heavy atom. The van der Waals surface area contributed by atoms with Crippen LogP contribution in [0.2, 0.25) is 0 Å². The molecule has 1 amide bonds. The molecule has 1 atom stereocenters. The zero-order valence-electron chi connectivity index (χ0n) is 12.0. The minimum absolute atomic E-state index is 0.260. The second kappa shape index (κ2) is 5.73. The zero-order valence-corrected chi connectivity index (χ0v) is 12.0. The van der Waals surface area contributed by atoms with Crippen molar-refractivity contribution in [1.29, 1.82) is 0 Å². The van der Waals surface area contributed by atoms with Gasteiger partial charge < -0.3 is 19.5 Å². The number of carbonyl (C=O) groups excluding carboxylic acids is 1. The summed E-state index contributed by atoms with van der Waals surface area (Å²) >= 11 is 0. The molecule has 112 valence electrons. The van der Waals surface area contributed by atoms with Gasteiger partial charge in [-0.3, -0.25) is 4.79 Å². The third kappa shape index (κ3) is 3.16. The van der Waals surface area contributed by atoms with Gasteiger partial charge in [0, 0.05) is 37.5 Å². The van der Waals surface area contributed by atoms with E-state index in [-0.39, 0.29) is 5.91 Å². The van der Waals surface area contributed by atoms with E-state index in [4.69, 9.17) is 4.52 Å². The third-order valence-corrected chi connectivity index (χ3v) is 3.77. The quantitative estimate of drug-likeness (QED) is 0.849. The molecule has 21 heavy (non-hydrogen) atoms. The van der Waals surface area contributed by atoms with Crippen molar-refractivity contribution >= 4 is 5.91 Å². The van der Waals surface area contributed by atoms with Gasteiger partial charge in [-0.2, -0.15) is 0 Å². The normalized spacial score (nSPS) is 15.9. The molecule has 2 aromatic rings. The second-order valence-electron chi connectivity index (χ2n) is 5.49. The maximum absolute atomic E-state index is 11.9. The first kappa shape index (κ1) is 13.9. The van der Waals surface area contributed by atoms with E-state index in [9.17, 15) is 9.90 Å². The van der Waals surface area contributed by atoms with Crippen LogP contribution in [0, 0.1) is 0 Å². The minimum atomic E-state index is -0.593. The van der Waals surface area contributed by atoms with Crippen LogP contribution in [-0.2, 0) is 7.05 Å². The predicted octanol–water partition coefficient (Wildman–Crippen LogP) is 1.74. The van der Waals surface area contributed by atoms with Gasteiger partial charge in [-0.05, 0) is 31.4 Å². The lowest BCUT2D eigenvalue weighted by atomic mass is 10.2. The Bertz CT molecular complexity index is 628. The molecule has 1 fully saturated rings. The zero-order chi connectivity index (χ0) is 14.8. The third-order valence-electron chi connectivity index (χ3n) is 3.77. The van der Waals surface area contributed by atoms with Crippen LogP contribution in [-0.4, -0.2) is 27.3 Å². The molecule has 6 heteroatoms. The van der Waals surface area contributed by atoms with Crippen molar-refractivity contribution in [3.05, 3.63) is 41.5 Å². The van der Waals surface area contributed by atoms with Crippen molar-refractivity contribution in [1.82, 2.24) is 15.0 Å². The maximum atomic E-state index is 11.9. The number of aromatic nitrogens is 2. The highest BCUT2D eigenvalue weighted by molar-refractivity contribution is 5.92. The SMILES string of the molecule is Cn1cccc1C(O)CCNC(=O)c1cc(C2CC2)on1. The molecule has 0 radical (unpaired) electrons. The number of aliphatic hydroxyl groups excluding tert-OH is 1. The smallest absolute Gasteiger partial charge is 0.273 e. The lowest BCUT2D eigenvalue weighted by Crippen LogP contribution is -2.26. The first-order valence-electron chi connectivity index (χ1n) is 7.19. The molecule has 0 bridgehead atoms. The summed E-state index contributed by atoms with van der Waals surface area (Å²) in [7, 11) is 1.88. The first-order chi connectivity index (χ1) is 10.1. The number of rotatable bonds is 6. The van der Waals surface area contributed by atoms with E-state index in [1.54, 1.807) is 6.07 Å². The van der Waals surface area contributed by atoms with Gasteiger partial charge in [0.25, 0.3) is 5.91 Å². The van der Waals surface area contributed by atoms with Gasteiger partial charge in [0.15, 0.2) is 5.69 Å². The molecule has 0 aromatic carbocycles. The van der Waals surface area contributed by atoms with Crippen LogP contribution < -0.4 is 5.32 Å². The molecule has 3 rings (SSSR count). The highest BCUT2D eigenvalue weighted by atomic mass is 16.5. The fraction of sp³-hybridized carbons (Fsp3) is 0.467. The van der Waals surface area contributed by atoms with Crippen LogP contribution in [0.25, 0.3) is 0 Å². The minimum Gasteiger partial charge on any atom is -0.387 e. The van der Waals surface area contributed by atoms with Gasteiger partial charge in [0.2, 0.25) is 0 Å². The molecule has 1 aliphatic carbocycles. The first-order valence-corrected chi connectivity index (χ1v) is 7.19. The lowest BCUT2D eigenvalue weighted by molar-refractivity contribution is 0.0932. The molecule has 1 saturated carbocycles. The molecule has 1 unspecified atom stereocenters. The van der Waals surface area contributed by atoms with E-state index < -0.39 is 6.10 Å². The Labute approximate surface area is 122 Å². The second-order valence-corrected chi connectivity index (χ2v) is 5.49. The van der Waals surface area contributed by atoms with Crippen LogP contribution in [0.1, 0.15) is 53.2 Å². The Kier molecular flexibility index (Phi) is 3.79. The largest absolute Gasteiger partial charge is 0.387 e. The molecule has 0 saturated heterocycles. The van der Waals surface area contributed by atoms with E-state index in [1.807, 2.05) is 29.9 Å². The molecule has 2 N–H and O–H groups in total. The van der Waals surface area contributed by atoms with Crippen molar-refractivity contribution in [2.24, 2.45) is 7.05 Å². The highest BCUT2D eigenvalue weighted by Crippen LogP contribution is 2.40. The summed E-state index contributed by atoms with van der Waals surface area (Å²) in [4.78, 5) is 11.9. The van der Waals surface area contributed by atoms with E-state index in [0.717, 1.165) is 24.3 Å². The van der Waals surface area contributed by atoms with Crippen LogP contribution >= 0.6 is 0 Å². The van der Waals surface area contributed by atoms with Gasteiger partial charge in [-0.15, -0.1) is 0 Å². The Balaban J connectivity index is 1.48. The summed E-state index contributed by atoms with van der Waals surface area (Å²) in [5.41, 5.74) is 1.15. The van der Waals surface area contributed by atoms with Gasteiger partial charge in [-0.1, -0.05) is 5.16 Å². The maximum Gasteiger partial charge on any atom is 0.273 e. The molecular formula is C15H19N3O3. The molecule has 1 aliphatic rings. The number of hydrogen-bond donors (Lipinski definition) is 2. The topological polar surface area (TPSA) is 80.3 Å². The van der Waals surface area contributed by atoms with Gasteiger partial charge in [0.1, 0.15) is 5.76 Å². The summed E-state index contributed by atoms with van der Waals surface area (Å²) in [6.07, 6.45) is 3.96. The number of carbonyl (C=O) groups is 1. The molecule has 2 aromatic heterocycles. The standard InChI is InChI=1S/C15H19N3O3/c1-18-8-2-3-12(18)13(19)6-7-16-15(20)11-9-14(21-17-11)10-4-5-10/h2-3,8-10,13,19H,4-7H2,1H3,(H,16,20). The summed E-state index contributed by atoms with van der Waals surface area (Å²) in [5.74, 6) is 0.979. The fourth-order valence-corrected chi connectivity index (χ4v) is 2.34. The van der Waals surface area contributed by atoms with E-state index >= 15 is 0 Å². The van der Waals surface area contributed by atoms with Gasteiger partial charge in [-0.25, -0.2) is 0 Å². The fourth-order valence-electron chi connectivity index (χ4n) is 2.34. The number of nitrogens with one attached hydrogen (secondary N) is 1. The van der Waals surface area contributed by atoms with Crippen LogP contribution in [0.15, 0.2) is 28.9 Å². The summed E-state index contributed by atoms with van der Waals surface area (Å²) in [6, 6.07) is 5.46. The number of aryl methyl sites for hydroxylation is 1. The summed E-state index contributed by atoms with van der Waals surface area (Å²) < 4.78 is 7.02. The molecule has 6 nitrogen and oxygen atoms in total. The monoisotopic (exact) mass is 289 g/mol. The van der Waals surface area contributed by atoms with Crippen molar-refractivity contribution in [3.63, 3.8) is 0 Å². The lowest BCUT2D eigenvalue weighted by Gasteiger charge is -2.12. The van der Waals surface area contributed by atoms with Crippen molar-refractivity contribution < 1.29 is 14.4 Å². The van der Waals surface area contributed by atoms with Crippen molar-refractivity contribution in [2.45, 2.75) is 31.3 Å². The van der Waals surface area contributed by atoms with Crippen LogP contribution in [0.3, 0.4) is 0 Å². The van der Waals surface area contributed by atoms with E-state index in [2.05, 4.69) is 10.5 Å². The van der Waals surface area contributed by atoms with Gasteiger partial charge in [0.05, 0.1) is 6.10 Å². The molecule has 0 spiro atoms. The molecule has 2 heterocycles. The van der Waals surface area contributed by atoms with Crippen LogP contribution in [0.4, 0.5) is 0 Å². The molecule has 0 aliphatic heterocycles. The Hall–Kier alpha value is -2.08. The highest BCUT2D eigenvalue weighted by Gasteiger charge is 2.28. The Morgan fingerprint density at radius 1 is 1.62 bits per heavy atom. The van der Waals surface area contributed by atoms with Crippen molar-refractivity contribution in [3.8, 4) is 0 Å². The van der Waals surface area contributed by atoms with E-state index in [1.165, 1.54) is 0 Å². The molecular weight excluding hydrogens is 270 g/mol. The predicted molar refractivity (Wildman–Crippen MR) is 75.8 cm³/mol. The Morgan fingerprint density at radius 2 is 2.43 bits per heavy atom. The number of nitrogens with zero attached hydrogens (tertiary/aromatic N) is 2.